The molecule has 2 amide bonds. The SMILES string of the molecule is CCC(=O)NC1CCCN(CCC(=O)N2CCNCC2)C1. The fourth-order valence-electron chi connectivity index (χ4n) is 3.03. The Hall–Kier alpha value is -1.14. The fourth-order valence-corrected chi connectivity index (χ4v) is 3.03. The van der Waals surface area contributed by atoms with Crippen molar-refractivity contribution in [3.63, 3.8) is 0 Å². The summed E-state index contributed by atoms with van der Waals surface area (Å²) >= 11 is 0. The van der Waals surface area contributed by atoms with Crippen LogP contribution in [0.2, 0.25) is 0 Å². The van der Waals surface area contributed by atoms with Crippen LogP contribution in [0, 0.1) is 0 Å². The lowest BCUT2D eigenvalue weighted by Gasteiger charge is -2.34. The second-order valence-corrected chi connectivity index (χ2v) is 5.94. The van der Waals surface area contributed by atoms with Gasteiger partial charge in [-0.15, -0.1) is 0 Å². The number of nitrogens with one attached hydrogen (secondary N) is 2. The maximum absolute atomic E-state index is 12.1. The van der Waals surface area contributed by atoms with Gasteiger partial charge in [0.1, 0.15) is 0 Å². The molecule has 0 aliphatic carbocycles. The first-order valence-corrected chi connectivity index (χ1v) is 8.19. The first-order valence-electron chi connectivity index (χ1n) is 8.19. The van der Waals surface area contributed by atoms with Crippen LogP contribution in [-0.2, 0) is 9.59 Å². The van der Waals surface area contributed by atoms with E-state index in [0.29, 0.717) is 12.8 Å². The van der Waals surface area contributed by atoms with E-state index in [1.54, 1.807) is 0 Å². The van der Waals surface area contributed by atoms with Crippen molar-refractivity contribution in [2.75, 3.05) is 45.8 Å². The summed E-state index contributed by atoms with van der Waals surface area (Å²) in [5.74, 6) is 0.384. The highest BCUT2D eigenvalue weighted by Crippen LogP contribution is 2.11. The largest absolute Gasteiger partial charge is 0.352 e. The van der Waals surface area contributed by atoms with Gasteiger partial charge >= 0.3 is 0 Å². The van der Waals surface area contributed by atoms with Gasteiger partial charge in [-0.1, -0.05) is 6.92 Å². The molecule has 0 aromatic heterocycles. The highest BCUT2D eigenvalue weighted by molar-refractivity contribution is 5.76. The minimum absolute atomic E-state index is 0.124. The monoisotopic (exact) mass is 296 g/mol. The van der Waals surface area contributed by atoms with Crippen LogP contribution in [0.4, 0.5) is 0 Å². The number of carbonyl (C=O) groups excluding carboxylic acids is 2. The van der Waals surface area contributed by atoms with Crippen molar-refractivity contribution in [2.45, 2.75) is 38.6 Å². The standard InChI is InChI=1S/C15H28N4O2/c1-2-14(20)17-13-4-3-8-18(12-13)9-5-15(21)19-10-6-16-7-11-19/h13,16H,2-12H2,1H3,(H,17,20). The zero-order chi connectivity index (χ0) is 15.1. The molecule has 2 rings (SSSR count). The number of rotatable bonds is 5. The molecule has 0 spiro atoms. The summed E-state index contributed by atoms with van der Waals surface area (Å²) in [6.45, 7) is 8.06. The Morgan fingerprint density at radius 3 is 2.71 bits per heavy atom. The van der Waals surface area contributed by atoms with Crippen molar-refractivity contribution in [1.29, 1.82) is 0 Å². The van der Waals surface area contributed by atoms with E-state index in [4.69, 9.17) is 0 Å². The number of piperidine rings is 1. The molecule has 0 radical (unpaired) electrons. The zero-order valence-electron chi connectivity index (χ0n) is 13.1. The molecule has 6 nitrogen and oxygen atoms in total. The average molecular weight is 296 g/mol. The van der Waals surface area contributed by atoms with Crippen LogP contribution >= 0.6 is 0 Å². The van der Waals surface area contributed by atoms with Gasteiger partial charge in [0.15, 0.2) is 0 Å². The van der Waals surface area contributed by atoms with Crippen LogP contribution in [0.25, 0.3) is 0 Å². The van der Waals surface area contributed by atoms with Crippen molar-refractivity contribution in [1.82, 2.24) is 20.4 Å². The van der Waals surface area contributed by atoms with E-state index in [2.05, 4.69) is 15.5 Å². The number of amides is 2. The van der Waals surface area contributed by atoms with Crippen molar-refractivity contribution < 1.29 is 9.59 Å². The molecule has 2 saturated heterocycles. The molecular weight excluding hydrogens is 268 g/mol. The summed E-state index contributed by atoms with van der Waals surface area (Å²) in [5.41, 5.74) is 0. The van der Waals surface area contributed by atoms with E-state index in [1.807, 2.05) is 11.8 Å². The molecule has 0 saturated carbocycles. The van der Waals surface area contributed by atoms with E-state index in [1.165, 1.54) is 0 Å². The van der Waals surface area contributed by atoms with Crippen LogP contribution in [0.5, 0.6) is 0 Å². The summed E-state index contributed by atoms with van der Waals surface area (Å²) in [4.78, 5) is 27.9. The van der Waals surface area contributed by atoms with E-state index in [9.17, 15) is 9.59 Å². The molecule has 0 aromatic carbocycles. The molecule has 2 N–H and O–H groups in total. The quantitative estimate of drug-likeness (QED) is 0.737. The van der Waals surface area contributed by atoms with Gasteiger partial charge in [0.05, 0.1) is 0 Å². The molecule has 2 heterocycles. The van der Waals surface area contributed by atoms with E-state index < -0.39 is 0 Å². The van der Waals surface area contributed by atoms with Gasteiger partial charge in [-0.3, -0.25) is 9.59 Å². The van der Waals surface area contributed by atoms with E-state index >= 15 is 0 Å². The third kappa shape index (κ3) is 5.28. The van der Waals surface area contributed by atoms with Crippen molar-refractivity contribution in [3.8, 4) is 0 Å². The zero-order valence-corrected chi connectivity index (χ0v) is 13.1. The first-order chi connectivity index (χ1) is 10.2. The molecule has 0 aromatic rings. The smallest absolute Gasteiger partial charge is 0.223 e. The average Bonchev–Trinajstić information content (AvgIpc) is 2.53. The summed E-state index contributed by atoms with van der Waals surface area (Å²) in [6, 6.07) is 0.250. The molecule has 120 valence electrons. The summed E-state index contributed by atoms with van der Waals surface area (Å²) in [6.07, 6.45) is 3.27. The molecule has 2 fully saturated rings. The maximum Gasteiger partial charge on any atom is 0.223 e. The van der Waals surface area contributed by atoms with Gasteiger partial charge in [0.2, 0.25) is 11.8 Å². The van der Waals surface area contributed by atoms with Crippen molar-refractivity contribution in [3.05, 3.63) is 0 Å². The lowest BCUT2D eigenvalue weighted by molar-refractivity contribution is -0.132. The van der Waals surface area contributed by atoms with Crippen molar-refractivity contribution in [2.24, 2.45) is 0 Å². The molecule has 6 heteroatoms. The van der Waals surface area contributed by atoms with E-state index in [-0.39, 0.29) is 17.9 Å². The third-order valence-electron chi connectivity index (χ3n) is 4.30. The highest BCUT2D eigenvalue weighted by Gasteiger charge is 2.22. The Morgan fingerprint density at radius 1 is 1.24 bits per heavy atom. The second kappa shape index (κ2) is 8.34. The summed E-state index contributed by atoms with van der Waals surface area (Å²) < 4.78 is 0. The topological polar surface area (TPSA) is 64.7 Å². The normalized spacial score (nSPS) is 23.9. The Labute approximate surface area is 127 Å². The van der Waals surface area contributed by atoms with E-state index in [0.717, 1.165) is 58.7 Å². The number of piperazine rings is 1. The lowest BCUT2D eigenvalue weighted by Crippen LogP contribution is -2.49. The second-order valence-electron chi connectivity index (χ2n) is 5.94. The van der Waals surface area contributed by atoms with Crippen LogP contribution < -0.4 is 10.6 Å². The fraction of sp³-hybridized carbons (Fsp3) is 0.867. The van der Waals surface area contributed by atoms with Gasteiger partial charge in [0.25, 0.3) is 0 Å². The third-order valence-corrected chi connectivity index (χ3v) is 4.30. The predicted molar refractivity (Wildman–Crippen MR) is 82.0 cm³/mol. The van der Waals surface area contributed by atoms with Crippen LogP contribution in [0.3, 0.4) is 0 Å². The summed E-state index contributed by atoms with van der Waals surface area (Å²) in [5, 5.41) is 6.33. The Balaban J connectivity index is 1.69. The summed E-state index contributed by atoms with van der Waals surface area (Å²) in [7, 11) is 0. The van der Waals surface area contributed by atoms with Gasteiger partial charge in [-0.25, -0.2) is 0 Å². The minimum atomic E-state index is 0.124. The number of hydrogen-bond acceptors (Lipinski definition) is 4. The Bertz CT molecular complexity index is 356. The number of carbonyl (C=O) groups is 2. The maximum atomic E-state index is 12.1. The first kappa shape index (κ1) is 16.2. The Kier molecular flexibility index (Phi) is 6.45. The van der Waals surface area contributed by atoms with Gasteiger partial charge in [-0.2, -0.15) is 0 Å². The van der Waals surface area contributed by atoms with Gasteiger partial charge in [-0.05, 0) is 19.4 Å². The number of likely N-dealkylation sites (tertiary alicyclic amines) is 1. The van der Waals surface area contributed by atoms with Gasteiger partial charge in [0, 0.05) is 58.2 Å². The minimum Gasteiger partial charge on any atom is -0.352 e. The lowest BCUT2D eigenvalue weighted by atomic mass is 10.1. The Morgan fingerprint density at radius 2 is 2.00 bits per heavy atom. The van der Waals surface area contributed by atoms with Crippen LogP contribution in [-0.4, -0.2) is 73.5 Å². The predicted octanol–water partition coefficient (Wildman–Crippen LogP) is -0.201. The number of hydrogen-bond donors (Lipinski definition) is 2. The molecule has 0 bridgehead atoms. The van der Waals surface area contributed by atoms with Crippen LogP contribution in [0.1, 0.15) is 32.6 Å². The molecule has 2 aliphatic rings. The van der Waals surface area contributed by atoms with Crippen molar-refractivity contribution >= 4 is 11.8 Å². The highest BCUT2D eigenvalue weighted by atomic mass is 16.2. The van der Waals surface area contributed by atoms with Crippen LogP contribution in [0.15, 0.2) is 0 Å². The molecule has 1 unspecified atom stereocenters. The molecular formula is C15H28N4O2. The number of nitrogens with zero attached hydrogens (tertiary/aromatic N) is 2. The molecule has 21 heavy (non-hydrogen) atoms. The molecule has 2 aliphatic heterocycles. The molecule has 1 atom stereocenters. The van der Waals surface area contributed by atoms with Gasteiger partial charge < -0.3 is 20.4 Å².